The fraction of sp³-hybridized carbons (Fsp3) is 0.658. The number of aryl methyl sites for hydroxylation is 1. The lowest BCUT2D eigenvalue weighted by atomic mass is 9.85. The number of aliphatic hydroxyl groups excluding tert-OH is 1. The zero-order valence-corrected chi connectivity index (χ0v) is 28.2. The molecule has 1 fully saturated rings. The van der Waals surface area contributed by atoms with Gasteiger partial charge in [-0.15, -0.1) is 6.58 Å². The number of ether oxygens (including phenoxy) is 3. The summed E-state index contributed by atoms with van der Waals surface area (Å²) in [6, 6.07) is 10.1. The predicted octanol–water partition coefficient (Wildman–Crippen LogP) is 8.08. The summed E-state index contributed by atoms with van der Waals surface area (Å²) in [4.78, 5) is 37.3. The zero-order valence-electron chi connectivity index (χ0n) is 28.2. The van der Waals surface area contributed by atoms with Crippen molar-refractivity contribution >= 4 is 17.9 Å². The standard InChI is InChI=1S/C38H58O7/c1-6-8-9-15-20-31(7-2)38(42)45-36-27-35(44-29(5)39)33(21-16-10-11-17-22-37(41)43-28(3)4)34(36)26-25-32(40)24-23-30-18-13-12-14-19-30/h7,10,12-14,16,18-19,28,31-36,40H,2,6,8-9,11,15,17,20-27H2,1,3-5H3/b16-10-/t31?,32-,33+,34+,35-,36+/m0/s1. The molecule has 0 bridgehead atoms. The summed E-state index contributed by atoms with van der Waals surface area (Å²) in [7, 11) is 0. The van der Waals surface area contributed by atoms with E-state index in [1.54, 1.807) is 6.08 Å². The number of allylic oxidation sites excluding steroid dienone is 2. The largest absolute Gasteiger partial charge is 0.463 e. The van der Waals surface area contributed by atoms with Gasteiger partial charge in [-0.2, -0.15) is 0 Å². The summed E-state index contributed by atoms with van der Waals surface area (Å²) < 4.78 is 17.2. The Hall–Kier alpha value is -2.93. The van der Waals surface area contributed by atoms with E-state index in [0.717, 1.165) is 38.5 Å². The molecule has 0 radical (unpaired) electrons. The van der Waals surface area contributed by atoms with Crippen molar-refractivity contribution in [1.82, 2.24) is 0 Å². The van der Waals surface area contributed by atoms with Crippen LogP contribution in [0.25, 0.3) is 0 Å². The molecule has 1 aliphatic carbocycles. The Morgan fingerprint density at radius 3 is 2.36 bits per heavy atom. The van der Waals surface area contributed by atoms with Crippen LogP contribution < -0.4 is 0 Å². The molecule has 45 heavy (non-hydrogen) atoms. The van der Waals surface area contributed by atoms with Gasteiger partial charge in [0.2, 0.25) is 0 Å². The molecule has 0 aromatic heterocycles. The third-order valence-electron chi connectivity index (χ3n) is 8.65. The highest BCUT2D eigenvalue weighted by molar-refractivity contribution is 5.74. The minimum absolute atomic E-state index is 0.0538. The quantitative estimate of drug-likeness (QED) is 0.0601. The average molecular weight is 627 g/mol. The molecule has 1 unspecified atom stereocenters. The van der Waals surface area contributed by atoms with E-state index in [1.807, 2.05) is 32.0 Å². The van der Waals surface area contributed by atoms with Crippen LogP contribution in [-0.2, 0) is 35.0 Å². The van der Waals surface area contributed by atoms with Crippen LogP contribution in [0, 0.1) is 17.8 Å². The van der Waals surface area contributed by atoms with Crippen molar-refractivity contribution in [3.05, 3.63) is 60.7 Å². The monoisotopic (exact) mass is 626 g/mol. The molecular weight excluding hydrogens is 568 g/mol. The van der Waals surface area contributed by atoms with Crippen LogP contribution in [0.3, 0.4) is 0 Å². The lowest BCUT2D eigenvalue weighted by Crippen LogP contribution is -2.29. The van der Waals surface area contributed by atoms with E-state index in [9.17, 15) is 19.5 Å². The fourth-order valence-electron chi connectivity index (χ4n) is 6.26. The van der Waals surface area contributed by atoms with Gasteiger partial charge in [-0.3, -0.25) is 14.4 Å². The molecule has 1 saturated carbocycles. The molecule has 1 aliphatic rings. The summed E-state index contributed by atoms with van der Waals surface area (Å²) in [5, 5.41) is 10.9. The van der Waals surface area contributed by atoms with Crippen LogP contribution in [0.15, 0.2) is 55.1 Å². The maximum atomic E-state index is 13.3. The molecule has 0 saturated heterocycles. The lowest BCUT2D eigenvalue weighted by Gasteiger charge is -2.27. The molecule has 252 valence electrons. The number of carbonyl (C=O) groups excluding carboxylic acids is 3. The number of rotatable bonds is 22. The molecule has 0 aliphatic heterocycles. The number of hydrogen-bond donors (Lipinski definition) is 1. The van der Waals surface area contributed by atoms with Gasteiger partial charge in [-0.25, -0.2) is 0 Å². The van der Waals surface area contributed by atoms with Gasteiger partial charge in [0.1, 0.15) is 12.2 Å². The Morgan fingerprint density at radius 1 is 0.956 bits per heavy atom. The van der Waals surface area contributed by atoms with Crippen LogP contribution >= 0.6 is 0 Å². The molecule has 1 aromatic rings. The molecule has 7 nitrogen and oxygen atoms in total. The van der Waals surface area contributed by atoms with Crippen LogP contribution in [-0.4, -0.2) is 47.4 Å². The Kier molecular flexibility index (Phi) is 18.5. The topological polar surface area (TPSA) is 99.1 Å². The molecule has 0 spiro atoms. The first kappa shape index (κ1) is 38.3. The Bertz CT molecular complexity index is 1030. The summed E-state index contributed by atoms with van der Waals surface area (Å²) >= 11 is 0. The van der Waals surface area contributed by atoms with Crippen molar-refractivity contribution in [2.45, 2.75) is 142 Å². The summed E-state index contributed by atoms with van der Waals surface area (Å²) in [5.41, 5.74) is 1.19. The lowest BCUT2D eigenvalue weighted by molar-refractivity contribution is -0.155. The molecule has 2 rings (SSSR count). The number of aliphatic hydroxyl groups is 1. The number of hydrogen-bond acceptors (Lipinski definition) is 7. The van der Waals surface area contributed by atoms with Gasteiger partial charge in [-0.1, -0.05) is 81.2 Å². The summed E-state index contributed by atoms with van der Waals surface area (Å²) in [5.74, 6) is -1.31. The van der Waals surface area contributed by atoms with Crippen molar-refractivity contribution in [2.75, 3.05) is 0 Å². The van der Waals surface area contributed by atoms with E-state index in [-0.39, 0.29) is 47.9 Å². The number of esters is 3. The normalized spacial score (nSPS) is 21.0. The first-order valence-corrected chi connectivity index (χ1v) is 17.2. The minimum atomic E-state index is -0.490. The van der Waals surface area contributed by atoms with Gasteiger partial charge < -0.3 is 19.3 Å². The molecule has 0 amide bonds. The van der Waals surface area contributed by atoms with Gasteiger partial charge in [0, 0.05) is 31.6 Å². The number of unbranched alkanes of at least 4 members (excludes halogenated alkanes) is 4. The predicted molar refractivity (Wildman–Crippen MR) is 178 cm³/mol. The summed E-state index contributed by atoms with van der Waals surface area (Å²) in [6.45, 7) is 11.1. The third kappa shape index (κ3) is 15.3. The van der Waals surface area contributed by atoms with E-state index in [2.05, 4.69) is 37.8 Å². The van der Waals surface area contributed by atoms with Gasteiger partial charge in [0.25, 0.3) is 0 Å². The third-order valence-corrected chi connectivity index (χ3v) is 8.65. The highest BCUT2D eigenvalue weighted by Gasteiger charge is 2.46. The maximum Gasteiger partial charge on any atom is 0.313 e. The maximum absolute atomic E-state index is 13.3. The summed E-state index contributed by atoms with van der Waals surface area (Å²) in [6.07, 6.45) is 15.0. The van der Waals surface area contributed by atoms with Gasteiger partial charge >= 0.3 is 17.9 Å². The van der Waals surface area contributed by atoms with E-state index in [1.165, 1.54) is 12.5 Å². The molecule has 1 N–H and O–H groups in total. The Balaban J connectivity index is 2.11. The smallest absolute Gasteiger partial charge is 0.313 e. The molecule has 6 atom stereocenters. The van der Waals surface area contributed by atoms with Crippen molar-refractivity contribution in [1.29, 1.82) is 0 Å². The van der Waals surface area contributed by atoms with Crippen LogP contribution in [0.1, 0.15) is 117 Å². The Labute approximate surface area is 271 Å². The first-order valence-electron chi connectivity index (χ1n) is 17.2. The average Bonchev–Trinajstić information content (AvgIpc) is 3.30. The number of carbonyl (C=O) groups is 3. The Morgan fingerprint density at radius 2 is 1.69 bits per heavy atom. The highest BCUT2D eigenvalue weighted by atomic mass is 16.6. The highest BCUT2D eigenvalue weighted by Crippen LogP contribution is 2.42. The van der Waals surface area contributed by atoms with E-state index in [4.69, 9.17) is 14.2 Å². The van der Waals surface area contributed by atoms with E-state index in [0.29, 0.717) is 51.4 Å². The van der Waals surface area contributed by atoms with Crippen LogP contribution in [0.2, 0.25) is 0 Å². The fourth-order valence-corrected chi connectivity index (χ4v) is 6.26. The second-order valence-corrected chi connectivity index (χ2v) is 12.8. The van der Waals surface area contributed by atoms with Crippen molar-refractivity contribution in [2.24, 2.45) is 17.8 Å². The number of benzene rings is 1. The first-order chi connectivity index (χ1) is 21.6. The van der Waals surface area contributed by atoms with E-state index >= 15 is 0 Å². The van der Waals surface area contributed by atoms with E-state index < -0.39 is 12.2 Å². The molecule has 1 aromatic carbocycles. The zero-order chi connectivity index (χ0) is 33.0. The molecular formula is C38H58O7. The SMILES string of the molecule is C=CC(CCCCCC)C(=O)O[C@@H]1C[C@H](OC(C)=O)[C@H](C/C=C\CCCC(=O)OC(C)C)[C@H]1CC[C@@H](O)CCc1ccccc1. The van der Waals surface area contributed by atoms with Gasteiger partial charge in [-0.05, 0) is 70.8 Å². The van der Waals surface area contributed by atoms with Crippen molar-refractivity contribution in [3.8, 4) is 0 Å². The second kappa shape index (κ2) is 21.7. The van der Waals surface area contributed by atoms with Crippen LogP contribution in [0.5, 0.6) is 0 Å². The van der Waals surface area contributed by atoms with Gasteiger partial charge in [0.15, 0.2) is 0 Å². The van der Waals surface area contributed by atoms with Crippen molar-refractivity contribution < 1.29 is 33.7 Å². The molecule has 7 heteroatoms. The van der Waals surface area contributed by atoms with Crippen LogP contribution in [0.4, 0.5) is 0 Å². The second-order valence-electron chi connectivity index (χ2n) is 12.8. The van der Waals surface area contributed by atoms with Gasteiger partial charge in [0.05, 0.1) is 18.1 Å². The minimum Gasteiger partial charge on any atom is -0.463 e. The van der Waals surface area contributed by atoms with Crippen molar-refractivity contribution in [3.63, 3.8) is 0 Å². The molecule has 0 heterocycles.